The van der Waals surface area contributed by atoms with Crippen LogP contribution < -0.4 is 16.0 Å². The molecule has 1 saturated heterocycles. The molecule has 188 valence electrons. The zero-order chi connectivity index (χ0) is 26.2. The van der Waals surface area contributed by atoms with Crippen molar-refractivity contribution in [2.24, 2.45) is 5.73 Å². The number of amides is 4. The third-order valence-corrected chi connectivity index (χ3v) is 6.28. The van der Waals surface area contributed by atoms with Crippen molar-refractivity contribution in [2.75, 3.05) is 31.1 Å². The Bertz CT molecular complexity index is 1180. The number of nitrogens with one attached hydrogen (secondary N) is 1. The van der Waals surface area contributed by atoms with Crippen LogP contribution in [0.3, 0.4) is 0 Å². The topological polar surface area (TPSA) is 157 Å². The molecule has 1 heterocycles. The van der Waals surface area contributed by atoms with Gasteiger partial charge in [-0.15, -0.1) is 0 Å². The molecule has 0 unspecified atom stereocenters. The van der Waals surface area contributed by atoms with Crippen LogP contribution in [0.2, 0.25) is 0 Å². The molecule has 0 radical (unpaired) electrons. The van der Waals surface area contributed by atoms with E-state index >= 15 is 0 Å². The maximum atomic E-state index is 13.2. The Balaban J connectivity index is 1.66. The average Bonchev–Trinajstić information content (AvgIpc) is 2.86. The molecule has 36 heavy (non-hydrogen) atoms. The first kappa shape index (κ1) is 26.2. The standard InChI is InChI=1S/C26H29N5O5/c1-17-2-5-21(14-22(17)31(26(28)36)13-10-29-23(32)15-24(33)34)25(35)30-11-8-20(9-12-30)19-6-3-18(16-27)4-7-19/h2-7,14,20H,8-13,15H2,1H3,(H2,28,36)(H,29,32)(H,33,34). The minimum absolute atomic E-state index is 0.00945. The zero-order valence-corrected chi connectivity index (χ0v) is 20.1. The van der Waals surface area contributed by atoms with E-state index in [4.69, 9.17) is 16.1 Å². The van der Waals surface area contributed by atoms with Crippen LogP contribution in [-0.4, -0.2) is 60.0 Å². The minimum Gasteiger partial charge on any atom is -0.481 e. The molecule has 0 atom stereocenters. The number of likely N-dealkylation sites (tertiary alicyclic amines) is 1. The Morgan fingerprint density at radius 2 is 1.81 bits per heavy atom. The summed E-state index contributed by atoms with van der Waals surface area (Å²) < 4.78 is 0. The van der Waals surface area contributed by atoms with Gasteiger partial charge in [0.2, 0.25) is 5.91 Å². The first-order valence-electron chi connectivity index (χ1n) is 11.6. The predicted octanol–water partition coefficient (Wildman–Crippen LogP) is 2.36. The SMILES string of the molecule is Cc1ccc(C(=O)N2CCC(c3ccc(C#N)cc3)CC2)cc1N(CCNC(=O)CC(=O)O)C(N)=O. The number of rotatable bonds is 8. The number of piperidine rings is 1. The van der Waals surface area contributed by atoms with E-state index in [9.17, 15) is 19.2 Å². The number of carbonyl (C=O) groups is 4. The quantitative estimate of drug-likeness (QED) is 0.481. The molecule has 0 bridgehead atoms. The third kappa shape index (κ3) is 6.60. The van der Waals surface area contributed by atoms with Gasteiger partial charge in [-0.05, 0) is 61.1 Å². The second-order valence-electron chi connectivity index (χ2n) is 8.71. The van der Waals surface area contributed by atoms with Crippen LogP contribution in [0.15, 0.2) is 42.5 Å². The van der Waals surface area contributed by atoms with Crippen LogP contribution in [0.5, 0.6) is 0 Å². The number of hydrogen-bond acceptors (Lipinski definition) is 5. The number of nitrogens with zero attached hydrogens (tertiary/aromatic N) is 3. The van der Waals surface area contributed by atoms with E-state index in [1.807, 2.05) is 24.3 Å². The molecule has 1 aliphatic rings. The number of aryl methyl sites for hydroxylation is 1. The van der Waals surface area contributed by atoms with Crippen molar-refractivity contribution >= 4 is 29.5 Å². The molecule has 0 aliphatic carbocycles. The second-order valence-corrected chi connectivity index (χ2v) is 8.71. The molecule has 3 rings (SSSR count). The molecule has 1 aliphatic heterocycles. The van der Waals surface area contributed by atoms with Crippen LogP contribution in [0, 0.1) is 18.3 Å². The monoisotopic (exact) mass is 491 g/mol. The van der Waals surface area contributed by atoms with Crippen molar-refractivity contribution in [1.82, 2.24) is 10.2 Å². The van der Waals surface area contributed by atoms with Gasteiger partial charge in [0.25, 0.3) is 5.91 Å². The Kier molecular flexibility index (Phi) is 8.62. The summed E-state index contributed by atoms with van der Waals surface area (Å²) in [5.74, 6) is -1.75. The summed E-state index contributed by atoms with van der Waals surface area (Å²) in [6, 6.07) is 14.0. The summed E-state index contributed by atoms with van der Waals surface area (Å²) in [4.78, 5) is 50.6. The Labute approximate surface area is 209 Å². The fourth-order valence-corrected chi connectivity index (χ4v) is 4.32. The highest BCUT2D eigenvalue weighted by Crippen LogP contribution is 2.30. The molecule has 0 saturated carbocycles. The fourth-order valence-electron chi connectivity index (χ4n) is 4.32. The van der Waals surface area contributed by atoms with Crippen LogP contribution in [0.4, 0.5) is 10.5 Å². The van der Waals surface area contributed by atoms with Gasteiger partial charge in [-0.25, -0.2) is 4.79 Å². The summed E-state index contributed by atoms with van der Waals surface area (Å²) in [7, 11) is 0. The number of carboxylic acid groups (broad SMARTS) is 1. The smallest absolute Gasteiger partial charge is 0.319 e. The summed E-state index contributed by atoms with van der Waals surface area (Å²) in [6.07, 6.45) is 0.946. The third-order valence-electron chi connectivity index (χ3n) is 6.28. The van der Waals surface area contributed by atoms with Crippen molar-refractivity contribution in [3.63, 3.8) is 0 Å². The van der Waals surface area contributed by atoms with Crippen molar-refractivity contribution < 1.29 is 24.3 Å². The van der Waals surface area contributed by atoms with E-state index in [0.717, 1.165) is 24.0 Å². The van der Waals surface area contributed by atoms with Gasteiger partial charge in [0.1, 0.15) is 6.42 Å². The highest BCUT2D eigenvalue weighted by atomic mass is 16.4. The maximum Gasteiger partial charge on any atom is 0.319 e. The van der Waals surface area contributed by atoms with Gasteiger partial charge in [-0.3, -0.25) is 19.3 Å². The number of aliphatic carboxylic acids is 1. The summed E-state index contributed by atoms with van der Waals surface area (Å²) >= 11 is 0. The highest BCUT2D eigenvalue weighted by molar-refractivity contribution is 5.98. The number of primary amides is 1. The molecule has 4 N–H and O–H groups in total. The largest absolute Gasteiger partial charge is 0.481 e. The van der Waals surface area contributed by atoms with Gasteiger partial charge < -0.3 is 21.1 Å². The summed E-state index contributed by atoms with van der Waals surface area (Å²) in [6.45, 7) is 2.99. The molecule has 10 heteroatoms. The number of nitriles is 1. The molecule has 2 aromatic carbocycles. The molecule has 4 amide bonds. The maximum absolute atomic E-state index is 13.2. The van der Waals surface area contributed by atoms with Crippen LogP contribution >= 0.6 is 0 Å². The van der Waals surface area contributed by atoms with Crippen molar-refractivity contribution in [1.29, 1.82) is 5.26 Å². The number of nitrogens with two attached hydrogens (primary N) is 1. The van der Waals surface area contributed by atoms with Gasteiger partial charge >= 0.3 is 12.0 Å². The first-order chi connectivity index (χ1) is 17.2. The number of hydrogen-bond donors (Lipinski definition) is 3. The number of benzene rings is 2. The van der Waals surface area contributed by atoms with Crippen molar-refractivity contribution in [3.8, 4) is 6.07 Å². The van der Waals surface area contributed by atoms with E-state index in [1.165, 1.54) is 4.90 Å². The molecular weight excluding hydrogens is 462 g/mol. The fraction of sp³-hybridized carbons (Fsp3) is 0.346. The van der Waals surface area contributed by atoms with Crippen LogP contribution in [-0.2, 0) is 9.59 Å². The second kappa shape index (κ2) is 11.8. The van der Waals surface area contributed by atoms with E-state index in [-0.39, 0.29) is 19.0 Å². The molecule has 0 spiro atoms. The predicted molar refractivity (Wildman–Crippen MR) is 132 cm³/mol. The highest BCUT2D eigenvalue weighted by Gasteiger charge is 2.26. The molecule has 10 nitrogen and oxygen atoms in total. The van der Waals surface area contributed by atoms with Crippen LogP contribution in [0.25, 0.3) is 0 Å². The van der Waals surface area contributed by atoms with Gasteiger partial charge in [0.05, 0.1) is 11.6 Å². The normalized spacial score (nSPS) is 13.5. The van der Waals surface area contributed by atoms with Crippen molar-refractivity contribution in [2.45, 2.75) is 32.1 Å². The van der Waals surface area contributed by atoms with E-state index in [2.05, 4.69) is 11.4 Å². The lowest BCUT2D eigenvalue weighted by Crippen LogP contribution is -2.42. The number of carboxylic acids is 1. The van der Waals surface area contributed by atoms with Crippen LogP contribution in [0.1, 0.15) is 52.2 Å². The Morgan fingerprint density at radius 1 is 1.14 bits per heavy atom. The lowest BCUT2D eigenvalue weighted by atomic mass is 9.89. The summed E-state index contributed by atoms with van der Waals surface area (Å²) in [5, 5.41) is 20.1. The molecular formula is C26H29N5O5. The van der Waals surface area contributed by atoms with E-state index in [0.29, 0.717) is 35.8 Å². The number of anilines is 1. The van der Waals surface area contributed by atoms with Gasteiger partial charge in [0.15, 0.2) is 0 Å². The summed E-state index contributed by atoms with van der Waals surface area (Å²) in [5.41, 5.74) is 8.94. The lowest BCUT2D eigenvalue weighted by molar-refractivity contribution is -0.140. The Morgan fingerprint density at radius 3 is 2.39 bits per heavy atom. The lowest BCUT2D eigenvalue weighted by Gasteiger charge is -2.32. The van der Waals surface area contributed by atoms with Gasteiger partial charge in [-0.1, -0.05) is 18.2 Å². The number of urea groups is 1. The Hall–Kier alpha value is -4.39. The first-order valence-corrected chi connectivity index (χ1v) is 11.6. The van der Waals surface area contributed by atoms with Crippen molar-refractivity contribution in [3.05, 3.63) is 64.7 Å². The molecule has 0 aromatic heterocycles. The zero-order valence-electron chi connectivity index (χ0n) is 20.1. The number of carbonyl (C=O) groups excluding carboxylic acids is 3. The molecule has 2 aromatic rings. The van der Waals surface area contributed by atoms with E-state index in [1.54, 1.807) is 30.0 Å². The van der Waals surface area contributed by atoms with E-state index < -0.39 is 24.3 Å². The average molecular weight is 492 g/mol. The minimum atomic E-state index is -1.25. The molecule has 1 fully saturated rings. The van der Waals surface area contributed by atoms with Gasteiger partial charge in [-0.2, -0.15) is 5.26 Å². The van der Waals surface area contributed by atoms with Gasteiger partial charge in [0, 0.05) is 37.4 Å².